The van der Waals surface area contributed by atoms with Crippen molar-refractivity contribution in [2.24, 2.45) is 0 Å². The van der Waals surface area contributed by atoms with Gasteiger partial charge in [-0.15, -0.1) is 0 Å². The molecule has 4 heteroatoms. The van der Waals surface area contributed by atoms with E-state index < -0.39 is 0 Å². The Balaban J connectivity index is 2.19. The number of rotatable bonds is 11. The highest BCUT2D eigenvalue weighted by atomic mass is 16.6. The lowest BCUT2D eigenvalue weighted by Crippen LogP contribution is -2.60. The van der Waals surface area contributed by atoms with Gasteiger partial charge in [0.05, 0.1) is 25.4 Å². The average Bonchev–Trinajstić information content (AvgIpc) is 2.37. The summed E-state index contributed by atoms with van der Waals surface area (Å²) in [6.07, 6.45) is 5.17. The minimum Gasteiger partial charge on any atom is -0.382 e. The van der Waals surface area contributed by atoms with Gasteiger partial charge in [-0.25, -0.2) is 0 Å². The first-order valence-corrected chi connectivity index (χ1v) is 7.29. The lowest BCUT2D eigenvalue weighted by atomic mass is 9.85. The van der Waals surface area contributed by atoms with E-state index in [0.29, 0.717) is 19.3 Å². The standard InChI is InChI=1S/C14H29NO3/c1-4-6-7-8-17-13-11-12(15-5-2)14(13)18-10-9-16-3/h12-15H,4-11H2,1-3H3. The maximum absolute atomic E-state index is 5.89. The molecule has 3 unspecified atom stereocenters. The van der Waals surface area contributed by atoms with Crippen molar-refractivity contribution in [2.75, 3.05) is 33.5 Å². The van der Waals surface area contributed by atoms with Crippen molar-refractivity contribution in [3.63, 3.8) is 0 Å². The van der Waals surface area contributed by atoms with Gasteiger partial charge in [-0.05, 0) is 19.4 Å². The van der Waals surface area contributed by atoms with E-state index in [1.165, 1.54) is 12.8 Å². The zero-order chi connectivity index (χ0) is 13.2. The normalized spacial score (nSPS) is 27.2. The number of nitrogens with one attached hydrogen (secondary N) is 1. The summed E-state index contributed by atoms with van der Waals surface area (Å²) in [7, 11) is 1.70. The highest BCUT2D eigenvalue weighted by molar-refractivity contribution is 4.97. The highest BCUT2D eigenvalue weighted by Crippen LogP contribution is 2.27. The Bertz CT molecular complexity index is 201. The third-order valence-electron chi connectivity index (χ3n) is 3.39. The molecule has 0 aliphatic heterocycles. The fourth-order valence-electron chi connectivity index (χ4n) is 2.28. The molecule has 0 bridgehead atoms. The summed E-state index contributed by atoms with van der Waals surface area (Å²) in [6, 6.07) is 0.447. The largest absolute Gasteiger partial charge is 0.382 e. The number of unbranched alkanes of at least 4 members (excludes halogenated alkanes) is 2. The van der Waals surface area contributed by atoms with Crippen molar-refractivity contribution < 1.29 is 14.2 Å². The molecule has 108 valence electrons. The van der Waals surface area contributed by atoms with Gasteiger partial charge in [-0.1, -0.05) is 26.7 Å². The quantitative estimate of drug-likeness (QED) is 0.576. The van der Waals surface area contributed by atoms with Crippen LogP contribution in [0.3, 0.4) is 0 Å². The lowest BCUT2D eigenvalue weighted by molar-refractivity contribution is -0.152. The maximum atomic E-state index is 5.89. The van der Waals surface area contributed by atoms with Crippen LogP contribution >= 0.6 is 0 Å². The third kappa shape index (κ3) is 5.22. The van der Waals surface area contributed by atoms with Gasteiger partial charge in [0.1, 0.15) is 0 Å². The number of methoxy groups -OCH3 is 1. The van der Waals surface area contributed by atoms with Gasteiger partial charge in [0.25, 0.3) is 0 Å². The van der Waals surface area contributed by atoms with Gasteiger partial charge in [-0.2, -0.15) is 0 Å². The topological polar surface area (TPSA) is 39.7 Å². The summed E-state index contributed by atoms with van der Waals surface area (Å²) in [6.45, 7) is 7.48. The van der Waals surface area contributed by atoms with Gasteiger partial charge in [0.2, 0.25) is 0 Å². The number of likely N-dealkylation sites (N-methyl/N-ethyl adjacent to an activating group) is 1. The summed E-state index contributed by atoms with van der Waals surface area (Å²) in [5.74, 6) is 0. The van der Waals surface area contributed by atoms with Crippen LogP contribution in [0, 0.1) is 0 Å². The summed E-state index contributed by atoms with van der Waals surface area (Å²) in [4.78, 5) is 0. The first kappa shape index (κ1) is 15.9. The van der Waals surface area contributed by atoms with E-state index in [4.69, 9.17) is 14.2 Å². The smallest absolute Gasteiger partial charge is 0.0991 e. The minimum atomic E-state index is 0.196. The molecule has 1 aliphatic rings. The molecule has 0 aromatic carbocycles. The molecule has 1 aliphatic carbocycles. The van der Waals surface area contributed by atoms with Crippen LogP contribution in [0.2, 0.25) is 0 Å². The molecule has 0 radical (unpaired) electrons. The molecule has 0 saturated heterocycles. The van der Waals surface area contributed by atoms with E-state index in [1.54, 1.807) is 7.11 Å². The van der Waals surface area contributed by atoms with Crippen LogP contribution in [0.4, 0.5) is 0 Å². The Morgan fingerprint density at radius 3 is 2.56 bits per heavy atom. The average molecular weight is 259 g/mol. The fourth-order valence-corrected chi connectivity index (χ4v) is 2.28. The maximum Gasteiger partial charge on any atom is 0.0991 e. The monoisotopic (exact) mass is 259 g/mol. The van der Waals surface area contributed by atoms with Crippen molar-refractivity contribution in [1.82, 2.24) is 5.32 Å². The van der Waals surface area contributed by atoms with E-state index >= 15 is 0 Å². The molecule has 0 spiro atoms. The zero-order valence-corrected chi connectivity index (χ0v) is 12.1. The fraction of sp³-hybridized carbons (Fsp3) is 1.00. The Morgan fingerprint density at radius 2 is 1.89 bits per heavy atom. The van der Waals surface area contributed by atoms with E-state index in [0.717, 1.165) is 26.0 Å². The van der Waals surface area contributed by atoms with Crippen LogP contribution in [0.1, 0.15) is 39.5 Å². The van der Waals surface area contributed by atoms with Crippen molar-refractivity contribution in [1.29, 1.82) is 0 Å². The second-order valence-electron chi connectivity index (χ2n) is 4.84. The van der Waals surface area contributed by atoms with Crippen LogP contribution in [-0.4, -0.2) is 51.7 Å². The number of hydrogen-bond donors (Lipinski definition) is 1. The Labute approximate surface area is 111 Å². The zero-order valence-electron chi connectivity index (χ0n) is 12.1. The van der Waals surface area contributed by atoms with Gasteiger partial charge in [0, 0.05) is 19.8 Å². The van der Waals surface area contributed by atoms with Gasteiger partial charge in [0.15, 0.2) is 0 Å². The summed E-state index contributed by atoms with van der Waals surface area (Å²) in [5, 5.41) is 3.44. The number of hydrogen-bond acceptors (Lipinski definition) is 4. The van der Waals surface area contributed by atoms with Crippen molar-refractivity contribution >= 4 is 0 Å². The molecule has 1 fully saturated rings. The van der Waals surface area contributed by atoms with Gasteiger partial charge in [-0.3, -0.25) is 0 Å². The first-order valence-electron chi connectivity index (χ1n) is 7.29. The molecule has 0 aromatic heterocycles. The van der Waals surface area contributed by atoms with E-state index in [-0.39, 0.29) is 12.2 Å². The molecule has 3 atom stereocenters. The highest BCUT2D eigenvalue weighted by Gasteiger charge is 2.42. The van der Waals surface area contributed by atoms with Crippen LogP contribution in [0.5, 0.6) is 0 Å². The third-order valence-corrected chi connectivity index (χ3v) is 3.39. The second kappa shape index (κ2) is 9.73. The van der Waals surface area contributed by atoms with E-state index in [1.807, 2.05) is 0 Å². The molecule has 4 nitrogen and oxygen atoms in total. The lowest BCUT2D eigenvalue weighted by Gasteiger charge is -2.44. The van der Waals surface area contributed by atoms with Gasteiger partial charge < -0.3 is 19.5 Å². The molecule has 0 heterocycles. The van der Waals surface area contributed by atoms with Crippen molar-refractivity contribution in [3.05, 3.63) is 0 Å². The van der Waals surface area contributed by atoms with Gasteiger partial charge >= 0.3 is 0 Å². The molecule has 1 saturated carbocycles. The second-order valence-corrected chi connectivity index (χ2v) is 4.84. The Hall–Kier alpha value is -0.160. The molecule has 0 amide bonds. The molecule has 1 N–H and O–H groups in total. The predicted octanol–water partition coefficient (Wildman–Crippen LogP) is 1.98. The summed E-state index contributed by atoms with van der Waals surface area (Å²) in [5.41, 5.74) is 0. The van der Waals surface area contributed by atoms with Crippen LogP contribution in [-0.2, 0) is 14.2 Å². The van der Waals surface area contributed by atoms with Crippen molar-refractivity contribution in [3.8, 4) is 0 Å². The summed E-state index contributed by atoms with van der Waals surface area (Å²) < 4.78 is 16.8. The first-order chi connectivity index (χ1) is 8.83. The molecular weight excluding hydrogens is 230 g/mol. The van der Waals surface area contributed by atoms with Crippen LogP contribution in [0.15, 0.2) is 0 Å². The molecular formula is C14H29NO3. The molecule has 1 rings (SSSR count). The minimum absolute atomic E-state index is 0.196. The van der Waals surface area contributed by atoms with E-state index in [2.05, 4.69) is 19.2 Å². The predicted molar refractivity (Wildman–Crippen MR) is 73.0 cm³/mol. The molecule has 18 heavy (non-hydrogen) atoms. The Kier molecular flexibility index (Phi) is 8.59. The Morgan fingerprint density at radius 1 is 1.06 bits per heavy atom. The summed E-state index contributed by atoms with van der Waals surface area (Å²) >= 11 is 0. The molecule has 0 aromatic rings. The van der Waals surface area contributed by atoms with Crippen LogP contribution in [0.25, 0.3) is 0 Å². The number of ether oxygens (including phenoxy) is 3. The van der Waals surface area contributed by atoms with Crippen LogP contribution < -0.4 is 5.32 Å². The SMILES string of the molecule is CCCCCOC1CC(NCC)C1OCCOC. The van der Waals surface area contributed by atoms with E-state index in [9.17, 15) is 0 Å². The van der Waals surface area contributed by atoms with Crippen molar-refractivity contribution in [2.45, 2.75) is 57.8 Å².